The van der Waals surface area contributed by atoms with Gasteiger partial charge in [-0.15, -0.1) is 0 Å². The Labute approximate surface area is 53.6 Å². The lowest BCUT2D eigenvalue weighted by Crippen LogP contribution is -2.21. The number of hydrogen-bond acceptors (Lipinski definition) is 2. The molecule has 0 bridgehead atoms. The van der Waals surface area contributed by atoms with Crippen LogP contribution in [0.5, 0.6) is 0 Å². The van der Waals surface area contributed by atoms with Crippen molar-refractivity contribution in [3.8, 4) is 0 Å². The quantitative estimate of drug-likeness (QED) is 0.116. The van der Waals surface area contributed by atoms with Crippen LogP contribution in [-0.2, 0) is 0 Å². The van der Waals surface area contributed by atoms with Crippen molar-refractivity contribution in [1.82, 2.24) is 0 Å². The molecule has 0 saturated heterocycles. The Morgan fingerprint density at radius 3 is 1.30 bits per heavy atom. The molecule has 5 N–H and O–H groups in total. The zero-order valence-electron chi connectivity index (χ0n) is 4.64. The summed E-state index contributed by atoms with van der Waals surface area (Å²) < 4.78 is 39.0. The topological polar surface area (TPSA) is 84.6 Å². The van der Waals surface area contributed by atoms with Crippen LogP contribution in [0.3, 0.4) is 0 Å². The van der Waals surface area contributed by atoms with Crippen LogP contribution in [0, 0.1) is 0 Å². The summed E-state index contributed by atoms with van der Waals surface area (Å²) in [5.41, 5.74) is 9.14. The summed E-state index contributed by atoms with van der Waals surface area (Å²) in [6.45, 7) is 0. The van der Waals surface area contributed by atoms with Crippen molar-refractivity contribution in [2.45, 2.75) is 0 Å². The van der Waals surface area contributed by atoms with Crippen LogP contribution < -0.4 is 11.5 Å². The summed E-state index contributed by atoms with van der Waals surface area (Å²) in [6, 6.07) is 0. The summed E-state index contributed by atoms with van der Waals surface area (Å²) in [5.74, 6) is -0.315. The molecule has 0 amide bonds. The highest BCUT2D eigenvalue weighted by Crippen LogP contribution is 2.06. The Morgan fingerprint density at radius 1 is 1.20 bits per heavy atom. The lowest BCUT2D eigenvalue weighted by Gasteiger charge is -1.94. The van der Waals surface area contributed by atoms with Crippen molar-refractivity contribution in [3.63, 3.8) is 0 Å². The van der Waals surface area contributed by atoms with Gasteiger partial charge in [0.25, 0.3) is 0 Å². The molecule has 0 atom stereocenters. The number of rotatable bonds is 0. The van der Waals surface area contributed by atoms with E-state index in [1.54, 1.807) is 0 Å². The molecular formula is CH5BF4N3O-. The van der Waals surface area contributed by atoms with E-state index in [2.05, 4.69) is 16.6 Å². The van der Waals surface area contributed by atoms with E-state index in [4.69, 9.17) is 5.21 Å². The Kier molecular flexibility index (Phi) is 5.47. The van der Waals surface area contributed by atoms with Gasteiger partial charge in [0.15, 0.2) is 0 Å². The Hall–Kier alpha value is -1.15. The van der Waals surface area contributed by atoms with E-state index in [9.17, 15) is 17.3 Å². The number of hydrogen-bond donors (Lipinski definition) is 3. The highest BCUT2D eigenvalue weighted by Gasteiger charge is 2.20. The molecule has 0 aliphatic carbocycles. The van der Waals surface area contributed by atoms with Crippen molar-refractivity contribution in [2.24, 2.45) is 16.6 Å². The fourth-order valence-corrected chi connectivity index (χ4v) is 0. The lowest BCUT2D eigenvalue weighted by atomic mass is 10.3. The van der Waals surface area contributed by atoms with Crippen molar-refractivity contribution >= 4 is 13.2 Å². The molecule has 9 heteroatoms. The van der Waals surface area contributed by atoms with Gasteiger partial charge >= 0.3 is 7.25 Å². The lowest BCUT2D eigenvalue weighted by molar-refractivity contribution is 0.317. The van der Waals surface area contributed by atoms with Gasteiger partial charge in [-0.3, -0.25) is 0 Å². The molecular weight excluding hydrogens is 157 g/mol. The molecule has 0 radical (unpaired) electrons. The van der Waals surface area contributed by atoms with Crippen molar-refractivity contribution in [2.75, 3.05) is 0 Å². The van der Waals surface area contributed by atoms with Crippen molar-refractivity contribution in [3.05, 3.63) is 0 Å². The second-order valence-corrected chi connectivity index (χ2v) is 1.02. The Bertz CT molecular complexity index is 102. The van der Waals surface area contributed by atoms with Crippen LogP contribution >= 0.6 is 0 Å². The molecule has 62 valence electrons. The average Bonchev–Trinajstić information content (AvgIpc) is 1.61. The molecule has 0 aromatic rings. The fraction of sp³-hybridized carbons (Fsp3) is 0. The fourth-order valence-electron chi connectivity index (χ4n) is 0. The van der Waals surface area contributed by atoms with Crippen LogP contribution in [0.15, 0.2) is 5.16 Å². The third-order valence-electron chi connectivity index (χ3n) is 0.115. The Balaban J connectivity index is 0. The minimum atomic E-state index is -6.00. The summed E-state index contributed by atoms with van der Waals surface area (Å²) in [4.78, 5) is 0. The molecule has 0 saturated carbocycles. The smallest absolute Gasteiger partial charge is 0.418 e. The van der Waals surface area contributed by atoms with Gasteiger partial charge in [-0.1, -0.05) is 5.16 Å². The molecule has 10 heavy (non-hydrogen) atoms. The predicted octanol–water partition coefficient (Wildman–Crippen LogP) is -0.0510. The molecule has 0 heterocycles. The first-order valence-electron chi connectivity index (χ1n) is 1.87. The zero-order chi connectivity index (χ0) is 8.78. The standard InChI is InChI=1S/CH5N3O.BF4/c2-1(3)4-5;2-1(3,4)5/h5H,(H4,2,3,4);/q;-1. The zero-order valence-corrected chi connectivity index (χ0v) is 4.64. The second kappa shape index (κ2) is 4.71. The molecule has 0 aromatic heterocycles. The summed E-state index contributed by atoms with van der Waals surface area (Å²) >= 11 is 0. The molecule has 0 aliphatic heterocycles. The van der Waals surface area contributed by atoms with Crippen LogP contribution in [0.25, 0.3) is 0 Å². The second-order valence-electron chi connectivity index (χ2n) is 1.02. The molecule has 0 fully saturated rings. The maximum Gasteiger partial charge on any atom is 0.673 e. The average molecular weight is 162 g/mol. The van der Waals surface area contributed by atoms with Crippen LogP contribution in [-0.4, -0.2) is 18.4 Å². The Morgan fingerprint density at radius 2 is 1.30 bits per heavy atom. The van der Waals surface area contributed by atoms with E-state index in [0.717, 1.165) is 0 Å². The van der Waals surface area contributed by atoms with Gasteiger partial charge < -0.3 is 33.9 Å². The van der Waals surface area contributed by atoms with E-state index < -0.39 is 7.25 Å². The number of nitrogens with two attached hydrogens (primary N) is 2. The van der Waals surface area contributed by atoms with Gasteiger partial charge in [0.05, 0.1) is 0 Å². The minimum absolute atomic E-state index is 0.315. The van der Waals surface area contributed by atoms with Gasteiger partial charge in [-0.2, -0.15) is 0 Å². The highest BCUT2D eigenvalue weighted by atomic mass is 19.5. The van der Waals surface area contributed by atoms with Gasteiger partial charge in [0.2, 0.25) is 5.96 Å². The van der Waals surface area contributed by atoms with Crippen molar-refractivity contribution < 1.29 is 22.5 Å². The summed E-state index contributed by atoms with van der Waals surface area (Å²) in [7, 11) is -6.00. The monoisotopic (exact) mass is 162 g/mol. The molecule has 4 nitrogen and oxygen atoms in total. The normalized spacial score (nSPS) is 9.20. The predicted molar refractivity (Wildman–Crippen MR) is 27.8 cm³/mol. The number of oxime groups is 1. The third kappa shape index (κ3) is 322. The van der Waals surface area contributed by atoms with Crippen LogP contribution in [0.1, 0.15) is 0 Å². The largest absolute Gasteiger partial charge is 0.673 e. The third-order valence-corrected chi connectivity index (χ3v) is 0.115. The number of halogens is 4. The summed E-state index contributed by atoms with van der Waals surface area (Å²) in [5, 5.41) is 9.84. The van der Waals surface area contributed by atoms with E-state index in [-0.39, 0.29) is 5.96 Å². The summed E-state index contributed by atoms with van der Waals surface area (Å²) in [6.07, 6.45) is 0. The molecule has 0 unspecified atom stereocenters. The maximum absolute atomic E-state index is 9.75. The van der Waals surface area contributed by atoms with E-state index in [0.29, 0.717) is 0 Å². The molecule has 0 aliphatic rings. The SMILES string of the molecule is F[B-](F)(F)F.NC(N)=NO. The van der Waals surface area contributed by atoms with Gasteiger partial charge in [-0.05, 0) is 0 Å². The highest BCUT2D eigenvalue weighted by molar-refractivity contribution is 6.50. The van der Waals surface area contributed by atoms with E-state index >= 15 is 0 Å². The first kappa shape index (κ1) is 11.6. The molecule has 0 rings (SSSR count). The van der Waals surface area contributed by atoms with E-state index in [1.807, 2.05) is 0 Å². The maximum atomic E-state index is 9.75. The minimum Gasteiger partial charge on any atom is -0.418 e. The molecule has 0 spiro atoms. The van der Waals surface area contributed by atoms with E-state index in [1.165, 1.54) is 0 Å². The van der Waals surface area contributed by atoms with Gasteiger partial charge in [0, 0.05) is 0 Å². The first-order valence-corrected chi connectivity index (χ1v) is 1.87. The van der Waals surface area contributed by atoms with Gasteiger partial charge in [0.1, 0.15) is 0 Å². The van der Waals surface area contributed by atoms with Crippen LogP contribution in [0.2, 0.25) is 0 Å². The van der Waals surface area contributed by atoms with Crippen molar-refractivity contribution in [1.29, 1.82) is 0 Å². The van der Waals surface area contributed by atoms with Gasteiger partial charge in [-0.25, -0.2) is 0 Å². The number of nitrogens with zero attached hydrogens (tertiary/aromatic N) is 1. The first-order chi connectivity index (χ1) is 4.27. The number of guanidine groups is 1. The molecule has 0 aromatic carbocycles. The van der Waals surface area contributed by atoms with Crippen LogP contribution in [0.4, 0.5) is 17.3 Å².